The van der Waals surface area contributed by atoms with E-state index < -0.39 is 0 Å². The Bertz CT molecular complexity index is 1130. The summed E-state index contributed by atoms with van der Waals surface area (Å²) in [6.45, 7) is 1.79. The minimum Gasteiger partial charge on any atom is -0.356 e. The second kappa shape index (κ2) is 7.05. The highest BCUT2D eigenvalue weighted by atomic mass is 32.1. The summed E-state index contributed by atoms with van der Waals surface area (Å²) in [5, 5.41) is 13.4. The summed E-state index contributed by atoms with van der Waals surface area (Å²) in [6, 6.07) is 12.2. The van der Waals surface area contributed by atoms with E-state index in [1.807, 2.05) is 35.0 Å². The van der Waals surface area contributed by atoms with Crippen molar-refractivity contribution in [1.29, 1.82) is 0 Å². The van der Waals surface area contributed by atoms with Gasteiger partial charge in [-0.2, -0.15) is 0 Å². The molecule has 0 saturated carbocycles. The van der Waals surface area contributed by atoms with Gasteiger partial charge in [-0.15, -0.1) is 22.7 Å². The summed E-state index contributed by atoms with van der Waals surface area (Å²) in [6.07, 6.45) is 1.07. The number of benzene rings is 1. The van der Waals surface area contributed by atoms with Gasteiger partial charge >= 0.3 is 0 Å². The number of aromatic nitrogens is 3. The van der Waals surface area contributed by atoms with Gasteiger partial charge in [-0.25, -0.2) is 15.0 Å². The van der Waals surface area contributed by atoms with Crippen molar-refractivity contribution in [1.82, 2.24) is 20.3 Å². The lowest BCUT2D eigenvalue weighted by atomic mass is 10.2. The number of aliphatic imine (C=N–C) groups is 1. The van der Waals surface area contributed by atoms with Crippen LogP contribution in [0.15, 0.2) is 52.2 Å². The average Bonchev–Trinajstić information content (AvgIpc) is 3.38. The van der Waals surface area contributed by atoms with Crippen LogP contribution < -0.4 is 10.6 Å². The van der Waals surface area contributed by atoms with Crippen molar-refractivity contribution in [2.75, 3.05) is 18.4 Å². The molecule has 2 N–H and O–H groups in total. The molecule has 5 rings (SSSR count). The van der Waals surface area contributed by atoms with Crippen LogP contribution in [0.5, 0.6) is 0 Å². The molecule has 1 aromatic carbocycles. The van der Waals surface area contributed by atoms with Crippen LogP contribution in [0.4, 0.5) is 5.13 Å². The highest BCUT2D eigenvalue weighted by molar-refractivity contribution is 7.14. The third-order valence-electron chi connectivity index (χ3n) is 4.21. The Morgan fingerprint density at radius 1 is 0.889 bits per heavy atom. The molecule has 0 unspecified atom stereocenters. The van der Waals surface area contributed by atoms with Gasteiger partial charge in [-0.3, -0.25) is 4.99 Å². The first-order valence-electron chi connectivity index (χ1n) is 8.68. The molecule has 4 heterocycles. The highest BCUT2D eigenvalue weighted by Gasteiger charge is 2.13. The van der Waals surface area contributed by atoms with Gasteiger partial charge in [0.25, 0.3) is 0 Å². The molecule has 8 heteroatoms. The number of hydrogen-bond donors (Lipinski definition) is 2. The molecule has 3 aromatic heterocycles. The largest absolute Gasteiger partial charge is 0.356 e. The molecule has 0 saturated heterocycles. The fourth-order valence-corrected chi connectivity index (χ4v) is 4.35. The number of para-hydroxylation sites is 1. The van der Waals surface area contributed by atoms with Gasteiger partial charge in [0, 0.05) is 29.2 Å². The predicted octanol–water partition coefficient (Wildman–Crippen LogP) is 4.24. The normalized spacial score (nSPS) is 14.0. The summed E-state index contributed by atoms with van der Waals surface area (Å²) in [5.74, 6) is 0.793. The van der Waals surface area contributed by atoms with Crippen LogP contribution in [0.25, 0.3) is 33.0 Å². The minimum absolute atomic E-state index is 0.793. The molecule has 0 bridgehead atoms. The maximum Gasteiger partial charge on any atom is 0.197 e. The molecular formula is C19H16N6S2. The minimum atomic E-state index is 0.793. The zero-order valence-electron chi connectivity index (χ0n) is 14.3. The van der Waals surface area contributed by atoms with Crippen molar-refractivity contribution >= 4 is 44.7 Å². The Kier molecular flexibility index (Phi) is 4.27. The summed E-state index contributed by atoms with van der Waals surface area (Å²) in [5.41, 5.74) is 3.60. The maximum atomic E-state index is 4.74. The van der Waals surface area contributed by atoms with E-state index in [0.717, 1.165) is 63.6 Å². The topological polar surface area (TPSA) is 75.1 Å². The monoisotopic (exact) mass is 392 g/mol. The van der Waals surface area contributed by atoms with Crippen molar-refractivity contribution in [3.05, 3.63) is 47.2 Å². The molecule has 1 aliphatic rings. The number of hydrogen-bond acceptors (Lipinski definition) is 8. The molecule has 0 spiro atoms. The lowest BCUT2D eigenvalue weighted by Crippen LogP contribution is -2.35. The van der Waals surface area contributed by atoms with Crippen molar-refractivity contribution < 1.29 is 0 Å². The summed E-state index contributed by atoms with van der Waals surface area (Å²) >= 11 is 3.14. The first-order valence-corrected chi connectivity index (χ1v) is 10.4. The third-order valence-corrected chi connectivity index (χ3v) is 5.83. The van der Waals surface area contributed by atoms with Gasteiger partial charge in [-0.05, 0) is 18.6 Å². The van der Waals surface area contributed by atoms with Crippen LogP contribution in [0.3, 0.4) is 0 Å². The number of nitrogens with zero attached hydrogens (tertiary/aromatic N) is 4. The standard InChI is InChI=1S/C19H16N6S2/c1-2-5-13-12(4-1)6-7-14(22-13)17-23-15(10-26-17)16-11-27-19(24-16)25-18-20-8-3-9-21-18/h1-2,4-7,10-11H,3,8-9H2,(H2,20,21,24,25). The quantitative estimate of drug-likeness (QED) is 0.545. The zero-order valence-corrected chi connectivity index (χ0v) is 16.0. The summed E-state index contributed by atoms with van der Waals surface area (Å²) in [7, 11) is 0. The molecule has 0 aliphatic carbocycles. The highest BCUT2D eigenvalue weighted by Crippen LogP contribution is 2.30. The van der Waals surface area contributed by atoms with E-state index >= 15 is 0 Å². The molecule has 4 aromatic rings. The summed E-state index contributed by atoms with van der Waals surface area (Å²) in [4.78, 5) is 18.5. The fraction of sp³-hybridized carbons (Fsp3) is 0.158. The van der Waals surface area contributed by atoms with Crippen molar-refractivity contribution in [2.24, 2.45) is 4.99 Å². The second-order valence-corrected chi connectivity index (χ2v) is 7.82. The van der Waals surface area contributed by atoms with Crippen LogP contribution >= 0.6 is 22.7 Å². The Balaban J connectivity index is 1.39. The van der Waals surface area contributed by atoms with Gasteiger partial charge in [0.05, 0.1) is 11.2 Å². The van der Waals surface area contributed by atoms with E-state index in [2.05, 4.69) is 32.7 Å². The number of fused-ring (bicyclic) bond motifs is 1. The van der Waals surface area contributed by atoms with Gasteiger partial charge in [0.15, 0.2) is 11.1 Å². The van der Waals surface area contributed by atoms with E-state index in [9.17, 15) is 0 Å². The second-order valence-electron chi connectivity index (χ2n) is 6.10. The van der Waals surface area contributed by atoms with Crippen molar-refractivity contribution in [3.63, 3.8) is 0 Å². The number of thiazole rings is 2. The van der Waals surface area contributed by atoms with E-state index in [4.69, 9.17) is 9.97 Å². The molecular weight excluding hydrogens is 376 g/mol. The van der Waals surface area contributed by atoms with E-state index in [1.165, 1.54) is 0 Å². The Morgan fingerprint density at radius 2 is 1.78 bits per heavy atom. The number of pyridine rings is 1. The Hall–Kier alpha value is -2.84. The van der Waals surface area contributed by atoms with Crippen molar-refractivity contribution in [3.8, 4) is 22.1 Å². The Morgan fingerprint density at radius 3 is 2.70 bits per heavy atom. The van der Waals surface area contributed by atoms with Crippen LogP contribution in [0.1, 0.15) is 6.42 Å². The maximum absolute atomic E-state index is 4.74. The number of nitrogens with one attached hydrogen (secondary N) is 2. The number of guanidine groups is 1. The lowest BCUT2D eigenvalue weighted by molar-refractivity contribution is 0.740. The third kappa shape index (κ3) is 3.41. The van der Waals surface area contributed by atoms with Gasteiger partial charge in [-0.1, -0.05) is 24.3 Å². The Labute approximate surface area is 164 Å². The molecule has 6 nitrogen and oxygen atoms in total. The zero-order chi connectivity index (χ0) is 18.1. The molecule has 1 aliphatic heterocycles. The van der Waals surface area contributed by atoms with Gasteiger partial charge < -0.3 is 10.6 Å². The van der Waals surface area contributed by atoms with Crippen molar-refractivity contribution in [2.45, 2.75) is 6.42 Å². The van der Waals surface area contributed by atoms with Crippen LogP contribution in [-0.2, 0) is 0 Å². The smallest absolute Gasteiger partial charge is 0.197 e. The first kappa shape index (κ1) is 16.3. The molecule has 27 heavy (non-hydrogen) atoms. The number of anilines is 1. The predicted molar refractivity (Wildman–Crippen MR) is 113 cm³/mol. The molecule has 134 valence electrons. The average molecular weight is 393 g/mol. The summed E-state index contributed by atoms with van der Waals surface area (Å²) < 4.78 is 0. The first-order chi connectivity index (χ1) is 13.3. The number of rotatable bonds is 3. The van der Waals surface area contributed by atoms with E-state index in [1.54, 1.807) is 22.7 Å². The molecule has 0 atom stereocenters. The molecule has 0 fully saturated rings. The van der Waals surface area contributed by atoms with E-state index in [0.29, 0.717) is 0 Å². The van der Waals surface area contributed by atoms with Gasteiger partial charge in [0.1, 0.15) is 16.4 Å². The van der Waals surface area contributed by atoms with Gasteiger partial charge in [0.2, 0.25) is 0 Å². The lowest BCUT2D eigenvalue weighted by Gasteiger charge is -2.13. The van der Waals surface area contributed by atoms with Crippen LogP contribution in [0, 0.1) is 0 Å². The van der Waals surface area contributed by atoms with Crippen LogP contribution in [-0.4, -0.2) is 34.0 Å². The molecule has 0 amide bonds. The SMILES string of the molecule is c1ccc2nc(-c3nc(-c4csc(NC5=NCCCN5)n4)cs3)ccc2c1. The van der Waals surface area contributed by atoms with Crippen LogP contribution in [0.2, 0.25) is 0 Å². The van der Waals surface area contributed by atoms with E-state index in [-0.39, 0.29) is 0 Å². The fourth-order valence-electron chi connectivity index (χ4n) is 2.86. The molecule has 0 radical (unpaired) electrons.